The first-order valence-electron chi connectivity index (χ1n) is 17.1. The molecule has 0 spiro atoms. The predicted molar refractivity (Wildman–Crippen MR) is 215 cm³/mol. The van der Waals surface area contributed by atoms with Crippen molar-refractivity contribution in [3.05, 3.63) is 176 Å². The van der Waals surface area contributed by atoms with Crippen LogP contribution in [0.1, 0.15) is 0 Å². The molecule has 10 rings (SSSR count). The number of benzene rings is 8. The van der Waals surface area contributed by atoms with Crippen LogP contribution in [0.3, 0.4) is 0 Å². The molecule has 0 atom stereocenters. The first-order valence-corrected chi connectivity index (χ1v) is 17.9. The fourth-order valence-corrected chi connectivity index (χ4v) is 8.25. The smallest absolute Gasteiger partial charge is 0.164 e. The number of aromatic nitrogens is 3. The summed E-state index contributed by atoms with van der Waals surface area (Å²) in [7, 11) is 0. The standard InChI is InChI=1S/C47H29N3S/c1-2-10-32(11-3-1)45-48-46(33-22-18-30(19-23-33)35-26-27-44-42(28-35)40-16-8-9-17-43(40)51-44)50-47(49-45)34-24-20-31(21-25-34)41-29-36-12-4-5-13-37(36)38-14-6-7-15-39(38)41/h1-29H. The largest absolute Gasteiger partial charge is 0.208 e. The van der Waals surface area contributed by atoms with Crippen molar-refractivity contribution in [2.24, 2.45) is 0 Å². The van der Waals surface area contributed by atoms with Crippen LogP contribution in [0.15, 0.2) is 176 Å². The van der Waals surface area contributed by atoms with Crippen molar-refractivity contribution in [1.82, 2.24) is 15.0 Å². The van der Waals surface area contributed by atoms with Gasteiger partial charge in [-0.3, -0.25) is 0 Å². The van der Waals surface area contributed by atoms with Gasteiger partial charge in [0, 0.05) is 36.9 Å². The summed E-state index contributed by atoms with van der Waals surface area (Å²) in [5.41, 5.74) is 7.56. The van der Waals surface area contributed by atoms with Crippen LogP contribution in [0.5, 0.6) is 0 Å². The van der Waals surface area contributed by atoms with Crippen LogP contribution >= 0.6 is 11.3 Å². The van der Waals surface area contributed by atoms with Gasteiger partial charge in [-0.1, -0.05) is 152 Å². The average molecular weight is 668 g/mol. The van der Waals surface area contributed by atoms with Gasteiger partial charge in [0.2, 0.25) is 0 Å². The third-order valence-electron chi connectivity index (χ3n) is 9.74. The fraction of sp³-hybridized carbons (Fsp3) is 0. The Kier molecular flexibility index (Phi) is 7.00. The molecule has 0 N–H and O–H groups in total. The summed E-state index contributed by atoms with van der Waals surface area (Å²) in [6.45, 7) is 0. The number of rotatable bonds is 5. The van der Waals surface area contributed by atoms with Crippen molar-refractivity contribution in [3.8, 4) is 56.4 Å². The van der Waals surface area contributed by atoms with Gasteiger partial charge >= 0.3 is 0 Å². The Morgan fingerprint density at radius 2 is 0.784 bits per heavy atom. The van der Waals surface area contributed by atoms with E-state index in [9.17, 15) is 0 Å². The second kappa shape index (κ2) is 12.1. The molecule has 238 valence electrons. The van der Waals surface area contributed by atoms with Crippen molar-refractivity contribution in [1.29, 1.82) is 0 Å². The third-order valence-corrected chi connectivity index (χ3v) is 10.9. The molecule has 0 radical (unpaired) electrons. The highest BCUT2D eigenvalue weighted by Gasteiger charge is 2.14. The molecule has 0 amide bonds. The number of hydrogen-bond donors (Lipinski definition) is 0. The van der Waals surface area contributed by atoms with Gasteiger partial charge in [0.15, 0.2) is 17.5 Å². The highest BCUT2D eigenvalue weighted by atomic mass is 32.1. The maximum atomic E-state index is 5.04. The van der Waals surface area contributed by atoms with Crippen molar-refractivity contribution in [2.45, 2.75) is 0 Å². The molecule has 10 aromatic rings. The first kappa shape index (κ1) is 29.4. The zero-order valence-corrected chi connectivity index (χ0v) is 28.3. The number of fused-ring (bicyclic) bond motifs is 6. The highest BCUT2D eigenvalue weighted by molar-refractivity contribution is 7.25. The average Bonchev–Trinajstić information content (AvgIpc) is 3.59. The van der Waals surface area contributed by atoms with Gasteiger partial charge in [-0.05, 0) is 68.1 Å². The maximum absolute atomic E-state index is 5.04. The Labute approximate surface area is 299 Å². The van der Waals surface area contributed by atoms with Gasteiger partial charge in [0.25, 0.3) is 0 Å². The minimum absolute atomic E-state index is 0.646. The van der Waals surface area contributed by atoms with E-state index in [1.54, 1.807) is 0 Å². The summed E-state index contributed by atoms with van der Waals surface area (Å²) < 4.78 is 2.62. The molecule has 0 fully saturated rings. The van der Waals surface area contributed by atoms with E-state index >= 15 is 0 Å². The van der Waals surface area contributed by atoms with Gasteiger partial charge in [-0.25, -0.2) is 15.0 Å². The second-order valence-corrected chi connectivity index (χ2v) is 13.9. The van der Waals surface area contributed by atoms with Crippen LogP contribution < -0.4 is 0 Å². The molecule has 8 aromatic carbocycles. The molecule has 51 heavy (non-hydrogen) atoms. The van der Waals surface area contributed by atoms with Gasteiger partial charge in [-0.15, -0.1) is 11.3 Å². The van der Waals surface area contributed by atoms with Gasteiger partial charge in [-0.2, -0.15) is 0 Å². The monoisotopic (exact) mass is 667 g/mol. The summed E-state index contributed by atoms with van der Waals surface area (Å²) in [5.74, 6) is 1.95. The molecule has 0 saturated carbocycles. The minimum atomic E-state index is 0.646. The maximum Gasteiger partial charge on any atom is 0.164 e. The summed E-state index contributed by atoms with van der Waals surface area (Å²) in [5, 5.41) is 7.61. The molecule has 2 aromatic heterocycles. The Balaban J connectivity index is 1.04. The lowest BCUT2D eigenvalue weighted by atomic mass is 9.93. The van der Waals surface area contributed by atoms with Crippen molar-refractivity contribution < 1.29 is 0 Å². The quantitative estimate of drug-likeness (QED) is 0.171. The summed E-state index contributed by atoms with van der Waals surface area (Å²) >= 11 is 1.84. The van der Waals surface area contributed by atoms with E-state index in [2.05, 4.69) is 146 Å². The SMILES string of the molecule is c1ccc(-c2nc(-c3ccc(-c4ccc5sc6ccccc6c5c4)cc3)nc(-c3ccc(-c4cc5ccccc5c5ccccc45)cc3)n2)cc1. The lowest BCUT2D eigenvalue weighted by Crippen LogP contribution is -2.00. The van der Waals surface area contributed by atoms with E-state index in [0.717, 1.165) is 27.8 Å². The van der Waals surface area contributed by atoms with E-state index < -0.39 is 0 Å². The van der Waals surface area contributed by atoms with Crippen molar-refractivity contribution >= 4 is 53.1 Å². The van der Waals surface area contributed by atoms with Crippen LogP contribution in [-0.2, 0) is 0 Å². The minimum Gasteiger partial charge on any atom is -0.208 e. The Hall–Kier alpha value is -6.49. The van der Waals surface area contributed by atoms with E-state index in [4.69, 9.17) is 15.0 Å². The normalized spacial score (nSPS) is 11.5. The summed E-state index contributed by atoms with van der Waals surface area (Å²) in [6.07, 6.45) is 0. The van der Waals surface area contributed by atoms with Gasteiger partial charge in [0.1, 0.15) is 0 Å². The van der Waals surface area contributed by atoms with Crippen LogP contribution in [0.4, 0.5) is 0 Å². The Morgan fingerprint density at radius 3 is 1.49 bits per heavy atom. The molecular weight excluding hydrogens is 639 g/mol. The molecule has 0 saturated heterocycles. The van der Waals surface area contributed by atoms with E-state index in [-0.39, 0.29) is 0 Å². The summed E-state index contributed by atoms with van der Waals surface area (Å²) in [6, 6.07) is 62.3. The number of thiophene rings is 1. The van der Waals surface area contributed by atoms with Crippen molar-refractivity contribution in [3.63, 3.8) is 0 Å². The van der Waals surface area contributed by atoms with Crippen LogP contribution in [-0.4, -0.2) is 15.0 Å². The van der Waals surface area contributed by atoms with Crippen LogP contribution in [0.2, 0.25) is 0 Å². The fourth-order valence-electron chi connectivity index (χ4n) is 7.16. The lowest BCUT2D eigenvalue weighted by molar-refractivity contribution is 1.07. The second-order valence-electron chi connectivity index (χ2n) is 12.8. The van der Waals surface area contributed by atoms with Crippen LogP contribution in [0, 0.1) is 0 Å². The zero-order chi connectivity index (χ0) is 33.7. The van der Waals surface area contributed by atoms with Crippen LogP contribution in [0.25, 0.3) is 98.1 Å². The molecule has 0 aliphatic carbocycles. The summed E-state index contributed by atoms with van der Waals surface area (Å²) in [4.78, 5) is 15.0. The third kappa shape index (κ3) is 5.25. The first-order chi connectivity index (χ1) is 25.2. The molecule has 0 unspecified atom stereocenters. The molecule has 4 heteroatoms. The molecular formula is C47H29N3S. The molecule has 3 nitrogen and oxygen atoms in total. The molecule has 0 aliphatic rings. The number of hydrogen-bond acceptors (Lipinski definition) is 4. The molecule has 0 aliphatic heterocycles. The molecule has 0 bridgehead atoms. The van der Waals surface area contributed by atoms with Gasteiger partial charge < -0.3 is 0 Å². The Bertz CT molecular complexity index is 2890. The zero-order valence-electron chi connectivity index (χ0n) is 27.5. The van der Waals surface area contributed by atoms with E-state index in [0.29, 0.717) is 17.5 Å². The lowest BCUT2D eigenvalue weighted by Gasteiger charge is -2.12. The van der Waals surface area contributed by atoms with Crippen molar-refractivity contribution in [2.75, 3.05) is 0 Å². The highest BCUT2D eigenvalue weighted by Crippen LogP contribution is 2.38. The van der Waals surface area contributed by atoms with Gasteiger partial charge in [0.05, 0.1) is 0 Å². The predicted octanol–water partition coefficient (Wildman–Crippen LogP) is 12.9. The van der Waals surface area contributed by atoms with E-state index in [1.165, 1.54) is 52.8 Å². The number of nitrogens with zero attached hydrogens (tertiary/aromatic N) is 3. The topological polar surface area (TPSA) is 38.7 Å². The molecule has 2 heterocycles. The van der Waals surface area contributed by atoms with E-state index in [1.807, 2.05) is 41.7 Å². The Morgan fingerprint density at radius 1 is 0.294 bits per heavy atom.